The first-order chi connectivity index (χ1) is 4.79. The maximum Gasteiger partial charge on any atom is 0.225 e. The average Bonchev–Trinajstić information content (AvgIpc) is 2.41. The predicted octanol–water partition coefficient (Wildman–Crippen LogP) is 1.02. The molecule has 0 aromatic rings. The Kier molecular flexibility index (Phi) is 1.22. The summed E-state index contributed by atoms with van der Waals surface area (Å²) in [5.74, 6) is 0.702. The highest BCUT2D eigenvalue weighted by Crippen LogP contribution is 2.31. The van der Waals surface area contributed by atoms with Crippen molar-refractivity contribution in [1.82, 2.24) is 4.90 Å². The minimum Gasteiger partial charge on any atom is -0.339 e. The Hall–Kier alpha value is -0.530. The fraction of sp³-hybridized carbons (Fsp3) is 0.875. The van der Waals surface area contributed by atoms with Gasteiger partial charge < -0.3 is 4.90 Å². The van der Waals surface area contributed by atoms with E-state index in [0.29, 0.717) is 17.9 Å². The molecule has 0 saturated carbocycles. The zero-order chi connectivity index (χ0) is 7.14. The van der Waals surface area contributed by atoms with E-state index < -0.39 is 0 Å². The molecule has 0 aromatic carbocycles. The lowest BCUT2D eigenvalue weighted by molar-refractivity contribution is -0.130. The van der Waals surface area contributed by atoms with Crippen molar-refractivity contribution in [1.29, 1.82) is 0 Å². The van der Waals surface area contributed by atoms with Gasteiger partial charge in [-0.25, -0.2) is 0 Å². The summed E-state index contributed by atoms with van der Waals surface area (Å²) in [6.07, 6.45) is 3.58. The molecular formula is C8H13NO. The number of rotatable bonds is 0. The lowest BCUT2D eigenvalue weighted by atomic mass is 10.1. The van der Waals surface area contributed by atoms with Crippen LogP contribution in [0.3, 0.4) is 0 Å². The molecule has 0 aromatic heterocycles. The van der Waals surface area contributed by atoms with E-state index in [1.54, 1.807) is 0 Å². The van der Waals surface area contributed by atoms with E-state index in [1.165, 1.54) is 12.8 Å². The number of hydrogen-bond donors (Lipinski definition) is 0. The SMILES string of the molecule is CC1CC2CCCN2C1=O. The van der Waals surface area contributed by atoms with Crippen LogP contribution in [-0.2, 0) is 4.79 Å². The highest BCUT2D eigenvalue weighted by molar-refractivity contribution is 5.81. The summed E-state index contributed by atoms with van der Waals surface area (Å²) in [5, 5.41) is 0. The summed E-state index contributed by atoms with van der Waals surface area (Å²) in [5.41, 5.74) is 0. The number of amides is 1. The molecule has 1 amide bonds. The lowest BCUT2D eigenvalue weighted by Gasteiger charge is -2.13. The van der Waals surface area contributed by atoms with Crippen LogP contribution in [0.5, 0.6) is 0 Å². The number of carbonyl (C=O) groups is 1. The molecule has 2 unspecified atom stereocenters. The summed E-state index contributed by atoms with van der Waals surface area (Å²) >= 11 is 0. The molecule has 2 atom stereocenters. The van der Waals surface area contributed by atoms with E-state index in [1.807, 2.05) is 6.92 Å². The van der Waals surface area contributed by atoms with Crippen LogP contribution in [0, 0.1) is 5.92 Å². The summed E-state index contributed by atoms with van der Waals surface area (Å²) < 4.78 is 0. The molecule has 0 N–H and O–H groups in total. The van der Waals surface area contributed by atoms with Crippen molar-refractivity contribution in [2.45, 2.75) is 32.2 Å². The van der Waals surface area contributed by atoms with Gasteiger partial charge in [-0.15, -0.1) is 0 Å². The van der Waals surface area contributed by atoms with E-state index in [-0.39, 0.29) is 0 Å². The van der Waals surface area contributed by atoms with Crippen molar-refractivity contribution in [2.24, 2.45) is 5.92 Å². The third kappa shape index (κ3) is 0.678. The molecule has 0 bridgehead atoms. The standard InChI is InChI=1S/C8H13NO/c1-6-5-7-3-2-4-9(7)8(6)10/h6-7H,2-5H2,1H3. The Morgan fingerprint density at radius 3 is 3.10 bits per heavy atom. The average molecular weight is 139 g/mol. The van der Waals surface area contributed by atoms with Gasteiger partial charge in [-0.2, -0.15) is 0 Å². The van der Waals surface area contributed by atoms with Gasteiger partial charge in [0.2, 0.25) is 5.91 Å². The van der Waals surface area contributed by atoms with E-state index in [9.17, 15) is 4.79 Å². The van der Waals surface area contributed by atoms with Gasteiger partial charge in [0.1, 0.15) is 0 Å². The van der Waals surface area contributed by atoms with Crippen LogP contribution >= 0.6 is 0 Å². The fourth-order valence-corrected chi connectivity index (χ4v) is 2.16. The van der Waals surface area contributed by atoms with Crippen molar-refractivity contribution in [3.63, 3.8) is 0 Å². The van der Waals surface area contributed by atoms with Gasteiger partial charge in [0, 0.05) is 18.5 Å². The smallest absolute Gasteiger partial charge is 0.225 e. The Labute approximate surface area is 61.2 Å². The summed E-state index contributed by atoms with van der Waals surface area (Å²) in [7, 11) is 0. The van der Waals surface area contributed by atoms with E-state index in [4.69, 9.17) is 0 Å². The predicted molar refractivity (Wildman–Crippen MR) is 38.5 cm³/mol. The van der Waals surface area contributed by atoms with Gasteiger partial charge in [-0.3, -0.25) is 4.79 Å². The number of fused-ring (bicyclic) bond motifs is 1. The summed E-state index contributed by atoms with van der Waals surface area (Å²) in [6, 6.07) is 0.613. The quantitative estimate of drug-likeness (QED) is 0.490. The van der Waals surface area contributed by atoms with Crippen molar-refractivity contribution >= 4 is 5.91 Å². The topological polar surface area (TPSA) is 20.3 Å². The first kappa shape index (κ1) is 6.20. The molecule has 2 rings (SSSR count). The van der Waals surface area contributed by atoms with Gasteiger partial charge in [-0.1, -0.05) is 6.92 Å². The third-order valence-corrected chi connectivity index (χ3v) is 2.71. The van der Waals surface area contributed by atoms with Crippen LogP contribution in [0.4, 0.5) is 0 Å². The molecule has 2 heterocycles. The third-order valence-electron chi connectivity index (χ3n) is 2.71. The normalized spacial score (nSPS) is 38.9. The molecule has 2 fully saturated rings. The highest BCUT2D eigenvalue weighted by Gasteiger charge is 2.39. The fourth-order valence-electron chi connectivity index (χ4n) is 2.16. The van der Waals surface area contributed by atoms with Crippen molar-refractivity contribution in [3.8, 4) is 0 Å². The molecule has 0 spiro atoms. The molecule has 2 heteroatoms. The van der Waals surface area contributed by atoms with E-state index >= 15 is 0 Å². The molecule has 10 heavy (non-hydrogen) atoms. The second kappa shape index (κ2) is 1.97. The maximum atomic E-state index is 11.3. The van der Waals surface area contributed by atoms with Gasteiger partial charge in [-0.05, 0) is 19.3 Å². The Morgan fingerprint density at radius 1 is 1.60 bits per heavy atom. The first-order valence-corrected chi connectivity index (χ1v) is 4.09. The second-order valence-electron chi connectivity index (χ2n) is 3.46. The molecule has 2 saturated heterocycles. The molecule has 0 aliphatic carbocycles. The maximum absolute atomic E-state index is 11.3. The molecule has 56 valence electrons. The van der Waals surface area contributed by atoms with Crippen LogP contribution in [-0.4, -0.2) is 23.4 Å². The molecule has 2 nitrogen and oxygen atoms in total. The minimum atomic E-state index is 0.310. The number of carbonyl (C=O) groups excluding carboxylic acids is 1. The minimum absolute atomic E-state index is 0.310. The lowest BCUT2D eigenvalue weighted by Crippen LogP contribution is -2.27. The summed E-state index contributed by atoms with van der Waals surface area (Å²) in [6.45, 7) is 3.06. The van der Waals surface area contributed by atoms with Gasteiger partial charge in [0.15, 0.2) is 0 Å². The highest BCUT2D eigenvalue weighted by atomic mass is 16.2. The van der Waals surface area contributed by atoms with Crippen molar-refractivity contribution in [3.05, 3.63) is 0 Å². The van der Waals surface area contributed by atoms with E-state index in [0.717, 1.165) is 13.0 Å². The van der Waals surface area contributed by atoms with Gasteiger partial charge >= 0.3 is 0 Å². The largest absolute Gasteiger partial charge is 0.339 e. The Bertz CT molecular complexity index is 167. The van der Waals surface area contributed by atoms with Crippen molar-refractivity contribution < 1.29 is 4.79 Å². The molecule has 2 aliphatic rings. The molecule has 2 aliphatic heterocycles. The Morgan fingerprint density at radius 2 is 2.40 bits per heavy atom. The van der Waals surface area contributed by atoms with Gasteiger partial charge in [0.05, 0.1) is 0 Å². The number of hydrogen-bond acceptors (Lipinski definition) is 1. The molecule has 0 radical (unpaired) electrons. The Balaban J connectivity index is 2.17. The van der Waals surface area contributed by atoms with Gasteiger partial charge in [0.25, 0.3) is 0 Å². The van der Waals surface area contributed by atoms with Crippen LogP contribution < -0.4 is 0 Å². The first-order valence-electron chi connectivity index (χ1n) is 4.09. The zero-order valence-electron chi connectivity index (χ0n) is 6.34. The number of nitrogens with zero attached hydrogens (tertiary/aromatic N) is 1. The summed E-state index contributed by atoms with van der Waals surface area (Å²) in [4.78, 5) is 13.4. The molecular weight excluding hydrogens is 126 g/mol. The van der Waals surface area contributed by atoms with Crippen LogP contribution in [0.15, 0.2) is 0 Å². The van der Waals surface area contributed by atoms with Crippen LogP contribution in [0.25, 0.3) is 0 Å². The van der Waals surface area contributed by atoms with E-state index in [2.05, 4.69) is 4.90 Å². The monoisotopic (exact) mass is 139 g/mol. The van der Waals surface area contributed by atoms with Crippen LogP contribution in [0.1, 0.15) is 26.2 Å². The second-order valence-corrected chi connectivity index (χ2v) is 3.46. The zero-order valence-corrected chi connectivity index (χ0v) is 6.34. The van der Waals surface area contributed by atoms with Crippen LogP contribution in [0.2, 0.25) is 0 Å². The van der Waals surface area contributed by atoms with Crippen molar-refractivity contribution in [2.75, 3.05) is 6.54 Å².